The maximum absolute atomic E-state index is 11.7. The molecule has 1 heterocycles. The first-order valence-electron chi connectivity index (χ1n) is 7.30. The Morgan fingerprint density at radius 2 is 2.00 bits per heavy atom. The molecule has 0 bridgehead atoms. The van der Waals surface area contributed by atoms with Gasteiger partial charge in [0.25, 0.3) is 5.91 Å². The minimum Gasteiger partial charge on any atom is -0.506 e. The Morgan fingerprint density at radius 3 is 2.64 bits per heavy atom. The lowest BCUT2D eigenvalue weighted by Gasteiger charge is -2.33. The summed E-state index contributed by atoms with van der Waals surface area (Å²) in [6, 6.07) is 7.26. The number of phenols is 1. The normalized spacial score (nSPS) is 15.4. The predicted octanol–water partition coefficient (Wildman–Crippen LogP) is -1.61. The Kier molecular flexibility index (Phi) is 5.60. The van der Waals surface area contributed by atoms with Crippen LogP contribution >= 0.6 is 0 Å². The van der Waals surface area contributed by atoms with Crippen molar-refractivity contribution in [2.75, 3.05) is 51.3 Å². The first kappa shape index (κ1) is 16.1. The lowest BCUT2D eigenvalue weighted by atomic mass is 10.2. The molecule has 0 spiro atoms. The van der Waals surface area contributed by atoms with Gasteiger partial charge in [0, 0.05) is 0 Å². The van der Waals surface area contributed by atoms with Gasteiger partial charge in [-0.3, -0.25) is 9.59 Å². The molecule has 7 nitrogen and oxygen atoms in total. The maximum Gasteiger partial charge on any atom is 0.325 e. The molecule has 1 aliphatic rings. The average molecular weight is 308 g/mol. The van der Waals surface area contributed by atoms with Gasteiger partial charge in [-0.1, -0.05) is 12.1 Å². The largest absolute Gasteiger partial charge is 0.506 e. The van der Waals surface area contributed by atoms with Crippen molar-refractivity contribution in [3.8, 4) is 5.75 Å². The number of phenolic OH excluding ortho intramolecular Hbond substituents is 1. The number of amides is 1. The third kappa shape index (κ3) is 4.36. The number of aromatic hydroxyl groups is 1. The molecule has 0 unspecified atom stereocenters. The first-order valence-corrected chi connectivity index (χ1v) is 7.30. The van der Waals surface area contributed by atoms with E-state index in [1.54, 1.807) is 12.1 Å². The number of anilines is 1. The van der Waals surface area contributed by atoms with Crippen LogP contribution in [0.4, 0.5) is 5.69 Å². The van der Waals surface area contributed by atoms with Crippen molar-refractivity contribution < 1.29 is 24.3 Å². The van der Waals surface area contributed by atoms with Gasteiger partial charge < -0.3 is 25.0 Å². The highest BCUT2D eigenvalue weighted by molar-refractivity contribution is 5.82. The summed E-state index contributed by atoms with van der Waals surface area (Å²) in [6.07, 6.45) is 0. The van der Waals surface area contributed by atoms with E-state index in [0.717, 1.165) is 36.8 Å². The maximum atomic E-state index is 11.7. The lowest BCUT2D eigenvalue weighted by molar-refractivity contribution is -0.892. The highest BCUT2D eigenvalue weighted by Gasteiger charge is 2.23. The zero-order valence-electron chi connectivity index (χ0n) is 12.7. The van der Waals surface area contributed by atoms with Crippen LogP contribution in [0, 0.1) is 0 Å². The number of ether oxygens (including phenoxy) is 1. The van der Waals surface area contributed by atoms with E-state index in [1.165, 1.54) is 7.11 Å². The number of piperazine rings is 1. The summed E-state index contributed by atoms with van der Waals surface area (Å²) in [5.41, 5.74) is 0.830. The number of carbonyl (C=O) groups is 2. The highest BCUT2D eigenvalue weighted by atomic mass is 16.5. The van der Waals surface area contributed by atoms with E-state index in [-0.39, 0.29) is 18.2 Å². The van der Waals surface area contributed by atoms with Gasteiger partial charge in [0.05, 0.1) is 39.0 Å². The third-order valence-corrected chi connectivity index (χ3v) is 3.76. The monoisotopic (exact) mass is 308 g/mol. The summed E-state index contributed by atoms with van der Waals surface area (Å²) in [5.74, 6) is -0.328. The zero-order valence-corrected chi connectivity index (χ0v) is 12.7. The zero-order chi connectivity index (χ0) is 15.9. The van der Waals surface area contributed by atoms with E-state index >= 15 is 0 Å². The number of carbonyl (C=O) groups excluding carboxylic acids is 2. The van der Waals surface area contributed by atoms with Gasteiger partial charge in [-0.25, -0.2) is 0 Å². The molecule has 1 aromatic rings. The van der Waals surface area contributed by atoms with Crippen molar-refractivity contribution in [1.29, 1.82) is 0 Å². The quantitative estimate of drug-likeness (QED) is 0.570. The summed E-state index contributed by atoms with van der Waals surface area (Å²) in [4.78, 5) is 26.0. The molecule has 0 aromatic heterocycles. The Morgan fingerprint density at radius 1 is 1.32 bits per heavy atom. The van der Waals surface area contributed by atoms with Gasteiger partial charge in [0.1, 0.15) is 12.3 Å². The van der Waals surface area contributed by atoms with Crippen molar-refractivity contribution in [3.05, 3.63) is 24.3 Å². The molecule has 22 heavy (non-hydrogen) atoms. The molecule has 120 valence electrons. The van der Waals surface area contributed by atoms with Crippen molar-refractivity contribution in [2.24, 2.45) is 0 Å². The molecule has 1 amide bonds. The van der Waals surface area contributed by atoms with Crippen LogP contribution in [0.1, 0.15) is 0 Å². The molecule has 1 saturated heterocycles. The number of esters is 1. The van der Waals surface area contributed by atoms with Crippen LogP contribution in [0.15, 0.2) is 24.3 Å². The average Bonchev–Trinajstić information content (AvgIpc) is 2.54. The van der Waals surface area contributed by atoms with Gasteiger partial charge in [0.15, 0.2) is 6.54 Å². The Bertz CT molecular complexity index is 527. The Hall–Kier alpha value is -2.28. The van der Waals surface area contributed by atoms with Crippen molar-refractivity contribution in [3.63, 3.8) is 0 Å². The van der Waals surface area contributed by atoms with E-state index in [0.29, 0.717) is 6.54 Å². The number of quaternary nitrogens is 1. The fourth-order valence-electron chi connectivity index (χ4n) is 2.50. The number of para-hydroxylation sites is 2. The topological polar surface area (TPSA) is 83.3 Å². The molecule has 1 aromatic carbocycles. The first-order chi connectivity index (χ1) is 10.6. The molecular weight excluding hydrogens is 286 g/mol. The third-order valence-electron chi connectivity index (χ3n) is 3.76. The summed E-state index contributed by atoms with van der Waals surface area (Å²) < 4.78 is 4.47. The lowest BCUT2D eigenvalue weighted by Crippen LogP contribution is -3.16. The summed E-state index contributed by atoms with van der Waals surface area (Å²) in [5, 5.41) is 12.4. The molecule has 0 aliphatic carbocycles. The van der Waals surface area contributed by atoms with Crippen LogP contribution in [0.2, 0.25) is 0 Å². The highest BCUT2D eigenvalue weighted by Crippen LogP contribution is 2.25. The molecule has 1 aliphatic heterocycles. The van der Waals surface area contributed by atoms with Crippen LogP contribution in [-0.4, -0.2) is 63.4 Å². The molecular formula is C15H22N3O4+. The number of benzene rings is 1. The summed E-state index contributed by atoms with van der Waals surface area (Å²) in [7, 11) is 1.29. The van der Waals surface area contributed by atoms with Crippen LogP contribution in [0.3, 0.4) is 0 Å². The second-order valence-electron chi connectivity index (χ2n) is 5.26. The van der Waals surface area contributed by atoms with Gasteiger partial charge in [-0.2, -0.15) is 0 Å². The van der Waals surface area contributed by atoms with Crippen LogP contribution < -0.4 is 15.1 Å². The van der Waals surface area contributed by atoms with Gasteiger partial charge >= 0.3 is 5.97 Å². The van der Waals surface area contributed by atoms with Crippen LogP contribution in [0.25, 0.3) is 0 Å². The van der Waals surface area contributed by atoms with Crippen molar-refractivity contribution >= 4 is 17.6 Å². The van der Waals surface area contributed by atoms with E-state index < -0.39 is 5.97 Å². The Labute approximate surface area is 129 Å². The smallest absolute Gasteiger partial charge is 0.325 e. The standard InChI is InChI=1S/C15H21N3O4/c1-22-15(21)10-16-14(20)11-17-6-8-18(9-7-17)12-4-2-3-5-13(12)19/h2-5,19H,6-11H2,1H3,(H,16,20)/p+1. The Balaban J connectivity index is 1.76. The number of rotatable bonds is 5. The molecule has 1 fully saturated rings. The minimum absolute atomic E-state index is 0.0906. The molecule has 2 rings (SSSR count). The van der Waals surface area contributed by atoms with Gasteiger partial charge in [-0.15, -0.1) is 0 Å². The number of nitrogens with zero attached hydrogens (tertiary/aromatic N) is 1. The summed E-state index contributed by atoms with van der Waals surface area (Å²) >= 11 is 0. The van der Waals surface area contributed by atoms with Crippen molar-refractivity contribution in [2.45, 2.75) is 0 Å². The fourth-order valence-corrected chi connectivity index (χ4v) is 2.50. The number of hydrogen-bond donors (Lipinski definition) is 3. The molecule has 0 atom stereocenters. The minimum atomic E-state index is -0.451. The summed E-state index contributed by atoms with van der Waals surface area (Å²) in [6.45, 7) is 3.41. The fraction of sp³-hybridized carbons (Fsp3) is 0.467. The van der Waals surface area contributed by atoms with Crippen molar-refractivity contribution in [1.82, 2.24) is 5.32 Å². The molecule has 3 N–H and O–H groups in total. The predicted molar refractivity (Wildman–Crippen MR) is 80.9 cm³/mol. The van der Waals surface area contributed by atoms with Gasteiger partial charge in [0.2, 0.25) is 0 Å². The van der Waals surface area contributed by atoms with Crippen LogP contribution in [0.5, 0.6) is 5.75 Å². The van der Waals surface area contributed by atoms with E-state index in [9.17, 15) is 14.7 Å². The van der Waals surface area contributed by atoms with E-state index in [2.05, 4.69) is 15.0 Å². The van der Waals surface area contributed by atoms with E-state index in [4.69, 9.17) is 0 Å². The molecule has 7 heteroatoms. The molecule has 0 radical (unpaired) electrons. The second kappa shape index (κ2) is 7.65. The van der Waals surface area contributed by atoms with Crippen LogP contribution in [-0.2, 0) is 14.3 Å². The SMILES string of the molecule is COC(=O)CNC(=O)C[NH+]1CCN(c2ccccc2O)CC1. The molecule has 0 saturated carbocycles. The van der Waals surface area contributed by atoms with E-state index in [1.807, 2.05) is 12.1 Å². The number of methoxy groups -OCH3 is 1. The van der Waals surface area contributed by atoms with Gasteiger partial charge in [-0.05, 0) is 12.1 Å². The number of hydrogen-bond acceptors (Lipinski definition) is 5. The number of nitrogens with one attached hydrogen (secondary N) is 2. The second-order valence-corrected chi connectivity index (χ2v) is 5.26.